The van der Waals surface area contributed by atoms with Crippen LogP contribution in [-0.2, 0) is 19.1 Å². The number of aliphatic hydroxyl groups is 1. The molecule has 3 heterocycles. The second-order valence-electron chi connectivity index (χ2n) is 8.66. The maximum Gasteiger partial charge on any atom is 0.311 e. The monoisotopic (exact) mass is 438 g/mol. The van der Waals surface area contributed by atoms with Gasteiger partial charge in [-0.25, -0.2) is 0 Å². The Balaban J connectivity index is 2.02. The van der Waals surface area contributed by atoms with Gasteiger partial charge in [-0.15, -0.1) is 18.3 Å². The van der Waals surface area contributed by atoms with Crippen LogP contribution in [-0.4, -0.2) is 81.1 Å². The average molecular weight is 439 g/mol. The Bertz CT molecular complexity index is 716. The number of esters is 1. The Hall–Kier alpha value is -1.54. The number of β-amino-alcohol motifs (C(OH)–C–C–N with tert-alkyl or cyclic N) is 1. The molecule has 0 saturated carbocycles. The molecule has 168 valence electrons. The maximum atomic E-state index is 13.8. The molecule has 2 bridgehead atoms. The van der Waals surface area contributed by atoms with Gasteiger partial charge in [0.1, 0.15) is 6.04 Å². The molecule has 0 aromatic rings. The molecule has 3 fully saturated rings. The first-order chi connectivity index (χ1) is 14.3. The molecule has 3 saturated heterocycles. The lowest BCUT2D eigenvalue weighted by Crippen LogP contribution is -2.55. The Morgan fingerprint density at radius 3 is 2.73 bits per heavy atom. The van der Waals surface area contributed by atoms with Crippen LogP contribution in [0.25, 0.3) is 0 Å². The normalized spacial score (nSPS) is 34.2. The van der Waals surface area contributed by atoms with E-state index in [1.54, 1.807) is 29.7 Å². The number of carbonyl (C=O) groups is 3. The van der Waals surface area contributed by atoms with Crippen molar-refractivity contribution in [2.45, 2.75) is 62.0 Å². The number of amides is 2. The van der Waals surface area contributed by atoms with Gasteiger partial charge in [-0.05, 0) is 33.1 Å². The first-order valence-corrected chi connectivity index (χ1v) is 11.8. The Labute approximate surface area is 183 Å². The Kier molecular flexibility index (Phi) is 6.87. The molecule has 7 nitrogen and oxygen atoms in total. The lowest BCUT2D eigenvalue weighted by Gasteiger charge is -2.37. The van der Waals surface area contributed by atoms with E-state index in [1.807, 2.05) is 6.92 Å². The fraction of sp³-hybridized carbons (Fsp3) is 0.773. The summed E-state index contributed by atoms with van der Waals surface area (Å²) in [5.74, 6) is -1.80. The number of aliphatic hydroxyl groups excluding tert-OH is 1. The number of likely N-dealkylation sites (tertiary alicyclic amines) is 1. The minimum atomic E-state index is -0.676. The fourth-order valence-electron chi connectivity index (χ4n) is 5.61. The van der Waals surface area contributed by atoms with E-state index < -0.39 is 27.4 Å². The van der Waals surface area contributed by atoms with Gasteiger partial charge in [0.05, 0.1) is 29.8 Å². The van der Waals surface area contributed by atoms with Gasteiger partial charge in [0.25, 0.3) is 0 Å². The summed E-state index contributed by atoms with van der Waals surface area (Å²) in [7, 11) is 0. The van der Waals surface area contributed by atoms with Crippen molar-refractivity contribution in [3.8, 4) is 0 Å². The van der Waals surface area contributed by atoms with Crippen molar-refractivity contribution in [2.75, 3.05) is 32.8 Å². The number of fused-ring (bicyclic) bond motifs is 1. The predicted octanol–water partition coefficient (Wildman–Crippen LogP) is 1.84. The number of ether oxygens (including phenoxy) is 1. The van der Waals surface area contributed by atoms with E-state index in [4.69, 9.17) is 4.74 Å². The molecular weight excluding hydrogens is 404 g/mol. The number of nitrogens with zero attached hydrogens (tertiary/aromatic N) is 2. The standard InChI is InChI=1S/C22H34N2O5S/c1-5-8-12-23(11-6-2)19(27)17-22-10-9-21(4,30-22)16(20(28)29-7-3)15(22)18(26)24(17)13-14-25/h6,15-17,25H,2,5,7-14H2,1,3-4H3/t15-,16-,17?,21+,22?/m0/s1. The molecule has 2 amide bonds. The molecule has 5 atom stereocenters. The zero-order chi connectivity index (χ0) is 22.1. The number of rotatable bonds is 10. The molecular formula is C22H34N2O5S. The van der Waals surface area contributed by atoms with Gasteiger partial charge in [0.2, 0.25) is 11.8 Å². The highest BCUT2D eigenvalue weighted by atomic mass is 32.2. The Morgan fingerprint density at radius 1 is 1.40 bits per heavy atom. The summed E-state index contributed by atoms with van der Waals surface area (Å²) in [5, 5.41) is 9.63. The third-order valence-corrected chi connectivity index (χ3v) is 8.82. The molecule has 2 unspecified atom stereocenters. The summed E-state index contributed by atoms with van der Waals surface area (Å²) in [4.78, 5) is 43.5. The van der Waals surface area contributed by atoms with Crippen LogP contribution < -0.4 is 0 Å². The van der Waals surface area contributed by atoms with Gasteiger partial charge >= 0.3 is 5.97 Å². The van der Waals surface area contributed by atoms with Crippen molar-refractivity contribution < 1.29 is 24.2 Å². The van der Waals surface area contributed by atoms with E-state index in [0.29, 0.717) is 19.5 Å². The van der Waals surface area contributed by atoms with Crippen LogP contribution in [0.2, 0.25) is 0 Å². The molecule has 30 heavy (non-hydrogen) atoms. The van der Waals surface area contributed by atoms with Crippen LogP contribution in [0.4, 0.5) is 0 Å². The van der Waals surface area contributed by atoms with Crippen molar-refractivity contribution in [3.63, 3.8) is 0 Å². The van der Waals surface area contributed by atoms with E-state index in [9.17, 15) is 19.5 Å². The maximum absolute atomic E-state index is 13.8. The highest BCUT2D eigenvalue weighted by Gasteiger charge is 2.77. The largest absolute Gasteiger partial charge is 0.466 e. The van der Waals surface area contributed by atoms with Gasteiger partial charge in [0, 0.05) is 24.4 Å². The van der Waals surface area contributed by atoms with Crippen molar-refractivity contribution >= 4 is 29.5 Å². The predicted molar refractivity (Wildman–Crippen MR) is 116 cm³/mol. The first kappa shape index (κ1) is 23.1. The lowest BCUT2D eigenvalue weighted by molar-refractivity contribution is -0.155. The van der Waals surface area contributed by atoms with E-state index in [-0.39, 0.29) is 37.5 Å². The quantitative estimate of drug-likeness (QED) is 0.414. The minimum Gasteiger partial charge on any atom is -0.466 e. The zero-order valence-electron chi connectivity index (χ0n) is 18.3. The van der Waals surface area contributed by atoms with E-state index in [2.05, 4.69) is 13.5 Å². The van der Waals surface area contributed by atoms with Gasteiger partial charge < -0.3 is 19.6 Å². The van der Waals surface area contributed by atoms with Crippen molar-refractivity contribution in [1.82, 2.24) is 9.80 Å². The summed E-state index contributed by atoms with van der Waals surface area (Å²) in [5.41, 5.74) is 0. The van der Waals surface area contributed by atoms with Crippen molar-refractivity contribution in [1.29, 1.82) is 0 Å². The van der Waals surface area contributed by atoms with Crippen LogP contribution in [0.3, 0.4) is 0 Å². The lowest BCUT2D eigenvalue weighted by atomic mass is 9.66. The van der Waals surface area contributed by atoms with Crippen LogP contribution in [0.1, 0.15) is 46.5 Å². The van der Waals surface area contributed by atoms with Crippen LogP contribution >= 0.6 is 11.8 Å². The van der Waals surface area contributed by atoms with Crippen molar-refractivity contribution in [3.05, 3.63) is 12.7 Å². The summed E-state index contributed by atoms with van der Waals surface area (Å²) in [6.07, 6.45) is 4.99. The third-order valence-electron chi connectivity index (χ3n) is 6.83. The third kappa shape index (κ3) is 3.45. The topological polar surface area (TPSA) is 87.2 Å². The average Bonchev–Trinajstić information content (AvgIpc) is 3.27. The minimum absolute atomic E-state index is 0.0933. The summed E-state index contributed by atoms with van der Waals surface area (Å²) < 4.78 is 4.28. The molecule has 8 heteroatoms. The number of unbranched alkanes of at least 4 members (excludes halogenated alkanes) is 1. The van der Waals surface area contributed by atoms with Gasteiger partial charge in [0.15, 0.2) is 0 Å². The first-order valence-electron chi connectivity index (χ1n) is 11.0. The molecule has 3 aliphatic rings. The number of thioether (sulfide) groups is 1. The SMILES string of the molecule is C=CCN(CCCC)C(=O)C1N(CCO)C(=O)[C@@H]2[C@@H](C(=O)OCC)[C@@]3(C)CCC12S3. The number of hydrogen-bond donors (Lipinski definition) is 1. The van der Waals surface area contributed by atoms with E-state index >= 15 is 0 Å². The molecule has 0 radical (unpaired) electrons. The zero-order valence-corrected chi connectivity index (χ0v) is 19.1. The van der Waals surface area contributed by atoms with Gasteiger partial charge in [-0.2, -0.15) is 0 Å². The number of carbonyl (C=O) groups excluding carboxylic acids is 3. The van der Waals surface area contributed by atoms with Crippen LogP contribution in [0.15, 0.2) is 12.7 Å². The van der Waals surface area contributed by atoms with Crippen molar-refractivity contribution in [2.24, 2.45) is 11.8 Å². The molecule has 3 aliphatic heterocycles. The molecule has 3 rings (SSSR count). The molecule has 1 N–H and O–H groups in total. The number of hydrogen-bond acceptors (Lipinski definition) is 6. The van der Waals surface area contributed by atoms with E-state index in [0.717, 1.165) is 19.3 Å². The van der Waals surface area contributed by atoms with Gasteiger partial charge in [-0.1, -0.05) is 19.4 Å². The van der Waals surface area contributed by atoms with Crippen LogP contribution in [0.5, 0.6) is 0 Å². The second kappa shape index (κ2) is 8.91. The summed E-state index contributed by atoms with van der Waals surface area (Å²) >= 11 is 1.62. The van der Waals surface area contributed by atoms with Gasteiger partial charge in [-0.3, -0.25) is 14.4 Å². The molecule has 1 spiro atoms. The highest BCUT2D eigenvalue weighted by molar-refractivity contribution is 8.02. The fourth-order valence-corrected chi connectivity index (χ4v) is 7.95. The van der Waals surface area contributed by atoms with Crippen LogP contribution in [0, 0.1) is 11.8 Å². The molecule has 0 aromatic heterocycles. The second-order valence-corrected chi connectivity index (χ2v) is 10.6. The Morgan fingerprint density at radius 2 is 2.13 bits per heavy atom. The molecule has 0 aromatic carbocycles. The van der Waals surface area contributed by atoms with E-state index in [1.165, 1.54) is 4.90 Å². The summed E-state index contributed by atoms with van der Waals surface area (Å²) in [6.45, 7) is 10.8. The summed E-state index contributed by atoms with van der Waals surface area (Å²) in [6, 6.07) is -0.676. The molecule has 0 aliphatic carbocycles. The highest BCUT2D eigenvalue weighted by Crippen LogP contribution is 2.71. The smallest absolute Gasteiger partial charge is 0.311 e.